The standard InChI is InChI=1S/C16H26BrFN2/c1-11(2)8-14(20(4)5)10-19-12(3)15-7-6-13(17)9-16(15)18/h6-7,9,11-12,14,19H,8,10H2,1-5H3. The van der Waals surface area contributed by atoms with Gasteiger partial charge in [-0.1, -0.05) is 35.8 Å². The average molecular weight is 345 g/mol. The molecule has 1 N–H and O–H groups in total. The van der Waals surface area contributed by atoms with Crippen molar-refractivity contribution in [3.05, 3.63) is 34.1 Å². The topological polar surface area (TPSA) is 15.3 Å². The second-order valence-electron chi connectivity index (χ2n) is 6.04. The first-order valence-corrected chi connectivity index (χ1v) is 7.95. The van der Waals surface area contributed by atoms with Crippen LogP contribution in [0.1, 0.15) is 38.8 Å². The molecule has 1 rings (SSSR count). The summed E-state index contributed by atoms with van der Waals surface area (Å²) in [6, 6.07) is 5.72. The molecule has 20 heavy (non-hydrogen) atoms. The van der Waals surface area contributed by atoms with Crippen molar-refractivity contribution in [2.24, 2.45) is 5.92 Å². The lowest BCUT2D eigenvalue weighted by molar-refractivity contribution is 0.241. The van der Waals surface area contributed by atoms with Crippen LogP contribution < -0.4 is 5.32 Å². The minimum atomic E-state index is -0.162. The largest absolute Gasteiger partial charge is 0.309 e. The Bertz CT molecular complexity index is 421. The third-order valence-corrected chi connectivity index (χ3v) is 4.06. The second kappa shape index (κ2) is 8.11. The van der Waals surface area contributed by atoms with Crippen molar-refractivity contribution in [3.8, 4) is 0 Å². The molecule has 0 aliphatic heterocycles. The van der Waals surface area contributed by atoms with Gasteiger partial charge >= 0.3 is 0 Å². The van der Waals surface area contributed by atoms with E-state index in [4.69, 9.17) is 0 Å². The lowest BCUT2D eigenvalue weighted by atomic mass is 10.0. The van der Waals surface area contributed by atoms with Gasteiger partial charge in [0.1, 0.15) is 5.82 Å². The molecule has 0 fully saturated rings. The molecule has 2 nitrogen and oxygen atoms in total. The first-order chi connectivity index (χ1) is 9.31. The van der Waals surface area contributed by atoms with Crippen LogP contribution in [-0.4, -0.2) is 31.6 Å². The van der Waals surface area contributed by atoms with Gasteiger partial charge in [0.2, 0.25) is 0 Å². The van der Waals surface area contributed by atoms with Gasteiger partial charge in [0.25, 0.3) is 0 Å². The fourth-order valence-electron chi connectivity index (χ4n) is 2.30. The number of rotatable bonds is 7. The highest BCUT2D eigenvalue weighted by atomic mass is 79.9. The zero-order valence-electron chi connectivity index (χ0n) is 13.1. The van der Waals surface area contributed by atoms with Crippen molar-refractivity contribution < 1.29 is 4.39 Å². The molecule has 0 amide bonds. The molecule has 0 saturated heterocycles. The Hall–Kier alpha value is -0.450. The van der Waals surface area contributed by atoms with Crippen LogP contribution in [0.5, 0.6) is 0 Å². The number of nitrogens with zero attached hydrogens (tertiary/aromatic N) is 1. The van der Waals surface area contributed by atoms with Crippen molar-refractivity contribution in [1.82, 2.24) is 10.2 Å². The van der Waals surface area contributed by atoms with Crippen LogP contribution in [0.15, 0.2) is 22.7 Å². The quantitative estimate of drug-likeness (QED) is 0.796. The van der Waals surface area contributed by atoms with Crippen LogP contribution in [0.4, 0.5) is 4.39 Å². The smallest absolute Gasteiger partial charge is 0.129 e. The Balaban J connectivity index is 2.62. The van der Waals surface area contributed by atoms with Gasteiger partial charge in [-0.15, -0.1) is 0 Å². The monoisotopic (exact) mass is 344 g/mol. The summed E-state index contributed by atoms with van der Waals surface area (Å²) >= 11 is 3.29. The van der Waals surface area contributed by atoms with Gasteiger partial charge in [-0.3, -0.25) is 0 Å². The van der Waals surface area contributed by atoms with Crippen LogP contribution in [0.2, 0.25) is 0 Å². The summed E-state index contributed by atoms with van der Waals surface area (Å²) in [5, 5.41) is 3.45. The minimum absolute atomic E-state index is 0.0118. The normalized spacial score (nSPS) is 14.8. The van der Waals surface area contributed by atoms with E-state index in [1.165, 1.54) is 6.07 Å². The molecule has 0 radical (unpaired) electrons. The van der Waals surface area contributed by atoms with Crippen LogP contribution in [0, 0.1) is 11.7 Å². The molecule has 1 aromatic rings. The van der Waals surface area contributed by atoms with Crippen molar-refractivity contribution in [1.29, 1.82) is 0 Å². The van der Waals surface area contributed by atoms with Crippen LogP contribution in [0.3, 0.4) is 0 Å². The lowest BCUT2D eigenvalue weighted by Crippen LogP contribution is -2.39. The number of hydrogen-bond acceptors (Lipinski definition) is 2. The predicted octanol–water partition coefficient (Wildman–Crippen LogP) is 4.22. The summed E-state index contributed by atoms with van der Waals surface area (Å²) in [6.07, 6.45) is 1.13. The molecular weight excluding hydrogens is 319 g/mol. The van der Waals surface area contributed by atoms with Gasteiger partial charge in [0.15, 0.2) is 0 Å². The molecule has 0 aliphatic carbocycles. The molecule has 0 spiro atoms. The van der Waals surface area contributed by atoms with Crippen molar-refractivity contribution >= 4 is 15.9 Å². The molecule has 0 aromatic heterocycles. The molecule has 1 aromatic carbocycles. The molecule has 0 saturated carbocycles. The average Bonchev–Trinajstić information content (AvgIpc) is 2.33. The highest BCUT2D eigenvalue weighted by Crippen LogP contribution is 2.21. The van der Waals surface area contributed by atoms with Gasteiger partial charge in [-0.2, -0.15) is 0 Å². The van der Waals surface area contributed by atoms with Gasteiger partial charge in [-0.05, 0) is 45.5 Å². The fourth-order valence-corrected chi connectivity index (χ4v) is 2.63. The maximum Gasteiger partial charge on any atom is 0.129 e. The Morgan fingerprint density at radius 1 is 1.25 bits per heavy atom. The Morgan fingerprint density at radius 3 is 2.40 bits per heavy atom. The zero-order valence-corrected chi connectivity index (χ0v) is 14.7. The van der Waals surface area contributed by atoms with E-state index in [2.05, 4.69) is 54.1 Å². The molecular formula is C16H26BrFN2. The molecule has 0 heterocycles. The Labute approximate surface area is 130 Å². The van der Waals surface area contributed by atoms with Gasteiger partial charge in [0, 0.05) is 28.7 Å². The minimum Gasteiger partial charge on any atom is -0.309 e. The molecule has 114 valence electrons. The van der Waals surface area contributed by atoms with E-state index >= 15 is 0 Å². The molecule has 2 unspecified atom stereocenters. The van der Waals surface area contributed by atoms with E-state index in [0.717, 1.165) is 23.0 Å². The van der Waals surface area contributed by atoms with E-state index in [1.807, 2.05) is 19.1 Å². The van der Waals surface area contributed by atoms with Crippen LogP contribution >= 0.6 is 15.9 Å². The number of halogens is 2. The molecule has 0 bridgehead atoms. The molecule has 4 heteroatoms. The van der Waals surface area contributed by atoms with Crippen molar-refractivity contribution in [2.75, 3.05) is 20.6 Å². The van der Waals surface area contributed by atoms with E-state index in [-0.39, 0.29) is 11.9 Å². The van der Waals surface area contributed by atoms with Gasteiger partial charge in [0.05, 0.1) is 0 Å². The number of benzene rings is 1. The number of likely N-dealkylation sites (N-methyl/N-ethyl adjacent to an activating group) is 1. The molecule has 0 aliphatic rings. The van der Waals surface area contributed by atoms with E-state index in [1.54, 1.807) is 0 Å². The zero-order chi connectivity index (χ0) is 15.3. The summed E-state index contributed by atoms with van der Waals surface area (Å²) in [5.41, 5.74) is 0.718. The van der Waals surface area contributed by atoms with E-state index < -0.39 is 0 Å². The third-order valence-electron chi connectivity index (χ3n) is 3.56. The molecule has 2 atom stereocenters. The Kier molecular flexibility index (Phi) is 7.13. The lowest BCUT2D eigenvalue weighted by Gasteiger charge is -2.28. The predicted molar refractivity (Wildman–Crippen MR) is 87.4 cm³/mol. The summed E-state index contributed by atoms with van der Waals surface area (Å²) in [6.45, 7) is 7.33. The SMILES string of the molecule is CC(C)CC(CNC(C)c1ccc(Br)cc1F)N(C)C. The van der Waals surface area contributed by atoms with Crippen molar-refractivity contribution in [2.45, 2.75) is 39.3 Å². The number of hydrogen-bond donors (Lipinski definition) is 1. The third kappa shape index (κ3) is 5.51. The van der Waals surface area contributed by atoms with Gasteiger partial charge < -0.3 is 10.2 Å². The summed E-state index contributed by atoms with van der Waals surface area (Å²) in [5.74, 6) is 0.494. The van der Waals surface area contributed by atoms with Crippen LogP contribution in [-0.2, 0) is 0 Å². The highest BCUT2D eigenvalue weighted by molar-refractivity contribution is 9.10. The first-order valence-electron chi connectivity index (χ1n) is 7.16. The first kappa shape index (κ1) is 17.6. The van der Waals surface area contributed by atoms with Crippen molar-refractivity contribution in [3.63, 3.8) is 0 Å². The Morgan fingerprint density at radius 2 is 1.90 bits per heavy atom. The number of nitrogens with one attached hydrogen (secondary N) is 1. The summed E-state index contributed by atoms with van der Waals surface area (Å²) in [4.78, 5) is 2.23. The van der Waals surface area contributed by atoms with E-state index in [9.17, 15) is 4.39 Å². The van der Waals surface area contributed by atoms with E-state index in [0.29, 0.717) is 12.0 Å². The highest BCUT2D eigenvalue weighted by Gasteiger charge is 2.16. The maximum absolute atomic E-state index is 13.9. The summed E-state index contributed by atoms with van der Waals surface area (Å²) in [7, 11) is 4.19. The maximum atomic E-state index is 13.9. The fraction of sp³-hybridized carbons (Fsp3) is 0.625. The summed E-state index contributed by atoms with van der Waals surface area (Å²) < 4.78 is 14.7. The van der Waals surface area contributed by atoms with Crippen LogP contribution in [0.25, 0.3) is 0 Å². The second-order valence-corrected chi connectivity index (χ2v) is 6.96. The van der Waals surface area contributed by atoms with Gasteiger partial charge in [-0.25, -0.2) is 4.39 Å².